The minimum absolute atomic E-state index is 0.00166. The summed E-state index contributed by atoms with van der Waals surface area (Å²) in [5.41, 5.74) is 1.47. The Hall–Kier alpha value is -3.79. The van der Waals surface area contributed by atoms with Crippen molar-refractivity contribution in [2.75, 3.05) is 10.6 Å². The number of aromatic carboxylic acids is 1. The van der Waals surface area contributed by atoms with Crippen LogP contribution in [0.15, 0.2) is 54.2 Å². The third-order valence-electron chi connectivity index (χ3n) is 3.28. The quantitative estimate of drug-likeness (QED) is 0.378. The highest BCUT2D eigenvalue weighted by molar-refractivity contribution is 6.06. The van der Waals surface area contributed by atoms with Crippen LogP contribution in [0.3, 0.4) is 0 Å². The highest BCUT2D eigenvalue weighted by Crippen LogP contribution is 2.24. The second kappa shape index (κ2) is 7.66. The molecule has 0 heterocycles. The number of rotatable bonds is 5. The Morgan fingerprint density at radius 1 is 1.16 bits per heavy atom. The van der Waals surface area contributed by atoms with E-state index in [-0.39, 0.29) is 16.9 Å². The number of benzene rings is 2. The van der Waals surface area contributed by atoms with Gasteiger partial charge < -0.3 is 20.8 Å². The highest BCUT2D eigenvalue weighted by atomic mass is 16.4. The van der Waals surface area contributed by atoms with E-state index in [9.17, 15) is 14.7 Å². The third kappa shape index (κ3) is 4.59. The summed E-state index contributed by atoms with van der Waals surface area (Å²) >= 11 is 0. The molecule has 0 saturated heterocycles. The van der Waals surface area contributed by atoms with Crippen LogP contribution in [0.25, 0.3) is 0 Å². The number of carboxylic acids is 1. The number of carbonyl (C=O) groups is 2. The number of nitriles is 1. The van der Waals surface area contributed by atoms with E-state index in [4.69, 9.17) is 10.4 Å². The number of nitrogens with one attached hydrogen (secondary N) is 2. The van der Waals surface area contributed by atoms with Crippen LogP contribution in [0, 0.1) is 18.3 Å². The fourth-order valence-electron chi connectivity index (χ4n) is 1.96. The Kier molecular flexibility index (Phi) is 5.38. The number of hydrogen-bond acceptors (Lipinski definition) is 5. The Balaban J connectivity index is 2.09. The molecule has 0 unspecified atom stereocenters. The van der Waals surface area contributed by atoms with Gasteiger partial charge in [0.1, 0.15) is 17.4 Å². The van der Waals surface area contributed by atoms with Gasteiger partial charge in [0.2, 0.25) is 0 Å². The smallest absolute Gasteiger partial charge is 0.335 e. The predicted octanol–water partition coefficient (Wildman–Crippen LogP) is 2.86. The fourth-order valence-corrected chi connectivity index (χ4v) is 1.96. The topological polar surface area (TPSA) is 122 Å². The van der Waals surface area contributed by atoms with Gasteiger partial charge in [-0.25, -0.2) is 4.79 Å². The van der Waals surface area contributed by atoms with Crippen molar-refractivity contribution in [2.45, 2.75) is 6.92 Å². The van der Waals surface area contributed by atoms with E-state index in [1.807, 2.05) is 6.92 Å². The van der Waals surface area contributed by atoms with Crippen LogP contribution in [-0.4, -0.2) is 22.1 Å². The summed E-state index contributed by atoms with van der Waals surface area (Å²) in [4.78, 5) is 22.9. The number of aromatic hydroxyl groups is 1. The number of amides is 1. The number of phenols is 1. The molecule has 0 atom stereocenters. The maximum Gasteiger partial charge on any atom is 0.335 e. The van der Waals surface area contributed by atoms with Crippen LogP contribution in [-0.2, 0) is 4.79 Å². The first-order valence-electron chi connectivity index (χ1n) is 7.22. The number of phenolic OH excluding ortho intramolecular Hbond substituents is 1. The predicted molar refractivity (Wildman–Crippen MR) is 92.2 cm³/mol. The maximum absolute atomic E-state index is 12.1. The standard InChI is InChI=1S/C18H15N3O4/c1-11-2-7-15(16(22)8-11)20-10-13(9-19)17(23)21-14-5-3-12(4-6-14)18(24)25/h2-8,10,20,22H,1H3,(H,21,23)(H,24,25)/b13-10-. The lowest BCUT2D eigenvalue weighted by Gasteiger charge is -2.07. The molecule has 0 spiro atoms. The van der Waals surface area contributed by atoms with Gasteiger partial charge in [-0.15, -0.1) is 0 Å². The van der Waals surface area contributed by atoms with Crippen LogP contribution < -0.4 is 10.6 Å². The zero-order chi connectivity index (χ0) is 18.4. The van der Waals surface area contributed by atoms with Gasteiger partial charge in [0, 0.05) is 11.9 Å². The Morgan fingerprint density at radius 2 is 1.84 bits per heavy atom. The number of anilines is 2. The van der Waals surface area contributed by atoms with Gasteiger partial charge >= 0.3 is 5.97 Å². The first-order valence-corrected chi connectivity index (χ1v) is 7.22. The SMILES string of the molecule is Cc1ccc(N/C=C(/C#N)C(=O)Nc2ccc(C(=O)O)cc2)c(O)c1. The van der Waals surface area contributed by atoms with Crippen LogP contribution in [0.5, 0.6) is 5.75 Å². The molecule has 0 aliphatic heterocycles. The molecule has 0 fully saturated rings. The maximum atomic E-state index is 12.1. The van der Waals surface area contributed by atoms with E-state index < -0.39 is 11.9 Å². The summed E-state index contributed by atoms with van der Waals surface area (Å²) in [5, 5.41) is 33.0. The Morgan fingerprint density at radius 3 is 2.40 bits per heavy atom. The van der Waals surface area contributed by atoms with Crippen LogP contribution >= 0.6 is 0 Å². The molecule has 0 radical (unpaired) electrons. The van der Waals surface area contributed by atoms with E-state index in [1.54, 1.807) is 24.3 Å². The highest BCUT2D eigenvalue weighted by Gasteiger charge is 2.10. The zero-order valence-electron chi connectivity index (χ0n) is 13.3. The van der Waals surface area contributed by atoms with Gasteiger partial charge in [0.15, 0.2) is 0 Å². The molecule has 0 aliphatic rings. The van der Waals surface area contributed by atoms with Gasteiger partial charge in [0.25, 0.3) is 5.91 Å². The number of hydrogen-bond donors (Lipinski definition) is 4. The molecule has 0 saturated carbocycles. The van der Waals surface area contributed by atoms with Crippen molar-refractivity contribution in [3.05, 3.63) is 65.4 Å². The number of carboxylic acid groups (broad SMARTS) is 1. The van der Waals surface area contributed by atoms with Crippen LogP contribution in [0.1, 0.15) is 15.9 Å². The van der Waals surface area contributed by atoms with E-state index in [0.29, 0.717) is 11.4 Å². The van der Waals surface area contributed by atoms with Gasteiger partial charge in [-0.05, 0) is 48.9 Å². The average Bonchev–Trinajstić information content (AvgIpc) is 2.57. The summed E-state index contributed by atoms with van der Waals surface area (Å²) in [6.07, 6.45) is 1.19. The molecule has 126 valence electrons. The monoisotopic (exact) mass is 337 g/mol. The van der Waals surface area contributed by atoms with Gasteiger partial charge in [-0.2, -0.15) is 5.26 Å². The van der Waals surface area contributed by atoms with Crippen molar-refractivity contribution >= 4 is 23.3 Å². The van der Waals surface area contributed by atoms with Crippen LogP contribution in [0.2, 0.25) is 0 Å². The minimum Gasteiger partial charge on any atom is -0.506 e. The molecular formula is C18H15N3O4. The number of aryl methyl sites for hydroxylation is 1. The van der Waals surface area contributed by atoms with Crippen molar-refractivity contribution in [1.29, 1.82) is 5.26 Å². The summed E-state index contributed by atoms with van der Waals surface area (Å²) in [6.45, 7) is 1.82. The summed E-state index contributed by atoms with van der Waals surface area (Å²) in [7, 11) is 0. The van der Waals surface area contributed by atoms with Crippen molar-refractivity contribution < 1.29 is 19.8 Å². The first kappa shape index (κ1) is 17.6. The normalized spacial score (nSPS) is 10.6. The fraction of sp³-hybridized carbons (Fsp3) is 0.0556. The van der Waals surface area contributed by atoms with Crippen LogP contribution in [0.4, 0.5) is 11.4 Å². The summed E-state index contributed by atoms with van der Waals surface area (Å²) in [5.74, 6) is -1.74. The zero-order valence-corrected chi connectivity index (χ0v) is 13.3. The summed E-state index contributed by atoms with van der Waals surface area (Å²) in [6, 6.07) is 12.2. The second-order valence-electron chi connectivity index (χ2n) is 5.17. The number of carbonyl (C=O) groups excluding carboxylic acids is 1. The molecule has 4 N–H and O–H groups in total. The van der Waals surface area contributed by atoms with E-state index >= 15 is 0 Å². The number of nitrogens with zero attached hydrogens (tertiary/aromatic N) is 1. The van der Waals surface area contributed by atoms with Crippen molar-refractivity contribution in [1.82, 2.24) is 0 Å². The molecule has 1 amide bonds. The lowest BCUT2D eigenvalue weighted by Crippen LogP contribution is -2.14. The van der Waals surface area contributed by atoms with Gasteiger partial charge in [-0.3, -0.25) is 4.79 Å². The van der Waals surface area contributed by atoms with Crippen molar-refractivity contribution in [3.8, 4) is 11.8 Å². The third-order valence-corrected chi connectivity index (χ3v) is 3.28. The molecule has 0 aromatic heterocycles. The molecule has 7 heteroatoms. The van der Waals surface area contributed by atoms with Gasteiger partial charge in [-0.1, -0.05) is 6.07 Å². The van der Waals surface area contributed by atoms with Crippen molar-refractivity contribution in [3.63, 3.8) is 0 Å². The second-order valence-corrected chi connectivity index (χ2v) is 5.17. The molecule has 2 aromatic carbocycles. The van der Waals surface area contributed by atoms with Crippen molar-refractivity contribution in [2.24, 2.45) is 0 Å². The molecule has 7 nitrogen and oxygen atoms in total. The molecule has 25 heavy (non-hydrogen) atoms. The Labute approximate surface area is 143 Å². The lowest BCUT2D eigenvalue weighted by atomic mass is 10.2. The van der Waals surface area contributed by atoms with E-state index in [0.717, 1.165) is 5.56 Å². The molecule has 0 aliphatic carbocycles. The summed E-state index contributed by atoms with van der Waals surface area (Å²) < 4.78 is 0. The molecular weight excluding hydrogens is 322 g/mol. The Bertz CT molecular complexity index is 880. The van der Waals surface area contributed by atoms with Gasteiger partial charge in [0.05, 0.1) is 11.3 Å². The van der Waals surface area contributed by atoms with E-state index in [1.165, 1.54) is 30.5 Å². The van der Waals surface area contributed by atoms with E-state index in [2.05, 4.69) is 10.6 Å². The molecule has 2 aromatic rings. The lowest BCUT2D eigenvalue weighted by molar-refractivity contribution is -0.112. The average molecular weight is 337 g/mol. The first-order chi connectivity index (χ1) is 11.9. The minimum atomic E-state index is -1.07. The molecule has 2 rings (SSSR count). The molecule has 0 bridgehead atoms. The largest absolute Gasteiger partial charge is 0.506 e.